The first-order chi connectivity index (χ1) is 8.96. The Bertz CT molecular complexity index is 454. The first-order valence-electron chi connectivity index (χ1n) is 6.13. The Hall–Kier alpha value is -1.07. The number of alkyl halides is 2. The Balaban J connectivity index is 1.62. The van der Waals surface area contributed by atoms with Gasteiger partial charge in [0, 0.05) is 25.5 Å². The van der Waals surface area contributed by atoms with Crippen LogP contribution >= 0.6 is 23.2 Å². The number of halogens is 2. The van der Waals surface area contributed by atoms with Crippen LogP contribution in [0.1, 0.15) is 19.8 Å². The van der Waals surface area contributed by atoms with E-state index < -0.39 is 9.75 Å². The summed E-state index contributed by atoms with van der Waals surface area (Å²) in [6.07, 6.45) is 4.62. The Morgan fingerprint density at radius 1 is 1.37 bits per heavy atom. The van der Waals surface area contributed by atoms with Crippen LogP contribution in [0.3, 0.4) is 0 Å². The lowest BCUT2D eigenvalue weighted by Crippen LogP contribution is -2.34. The highest BCUT2D eigenvalue weighted by atomic mass is 35.5. The molecule has 1 aromatic rings. The van der Waals surface area contributed by atoms with Crippen LogP contribution in [-0.2, 0) is 4.79 Å². The highest BCUT2D eigenvalue weighted by Gasteiger charge is 2.67. The average molecular weight is 303 g/mol. The van der Waals surface area contributed by atoms with Gasteiger partial charge < -0.3 is 10.6 Å². The van der Waals surface area contributed by atoms with Crippen molar-refractivity contribution in [2.75, 3.05) is 18.4 Å². The molecular formula is C12H16Cl2N4O. The lowest BCUT2D eigenvalue weighted by atomic mass is 10.1. The fourth-order valence-corrected chi connectivity index (χ4v) is 2.43. The van der Waals surface area contributed by atoms with E-state index in [-0.39, 0.29) is 5.91 Å². The number of carbonyl (C=O) groups excluding carboxylic acids is 1. The number of carbonyl (C=O) groups is 1. The van der Waals surface area contributed by atoms with Crippen LogP contribution in [0.25, 0.3) is 0 Å². The number of aromatic nitrogens is 2. The molecule has 1 heterocycles. The molecule has 0 spiro atoms. The third kappa shape index (κ3) is 3.28. The number of nitrogens with zero attached hydrogens (tertiary/aromatic N) is 2. The maximum Gasteiger partial charge on any atom is 0.229 e. The third-order valence-electron chi connectivity index (χ3n) is 3.25. The van der Waals surface area contributed by atoms with E-state index in [1.165, 1.54) is 0 Å². The molecule has 0 aromatic carbocycles. The van der Waals surface area contributed by atoms with E-state index in [4.69, 9.17) is 23.2 Å². The number of nitrogens with one attached hydrogen (secondary N) is 2. The molecule has 7 heteroatoms. The molecule has 19 heavy (non-hydrogen) atoms. The monoisotopic (exact) mass is 302 g/mol. The van der Waals surface area contributed by atoms with Gasteiger partial charge in [-0.1, -0.05) is 0 Å². The van der Waals surface area contributed by atoms with Gasteiger partial charge in [-0.2, -0.15) is 0 Å². The SMILES string of the molecule is C[C@@]1(C(=O)NCCCNc2ncccn2)CC1(Cl)Cl. The molecule has 0 aliphatic heterocycles. The summed E-state index contributed by atoms with van der Waals surface area (Å²) in [6.45, 7) is 3.03. The Kier molecular flexibility index (Phi) is 4.16. The summed E-state index contributed by atoms with van der Waals surface area (Å²) in [5, 5.41) is 5.90. The molecule has 104 valence electrons. The molecule has 2 N–H and O–H groups in total. The second kappa shape index (κ2) is 5.51. The van der Waals surface area contributed by atoms with E-state index in [0.717, 1.165) is 6.42 Å². The van der Waals surface area contributed by atoms with Gasteiger partial charge in [0.2, 0.25) is 11.9 Å². The van der Waals surface area contributed by atoms with E-state index in [1.807, 2.05) is 0 Å². The maximum absolute atomic E-state index is 11.9. The normalized spacial score (nSPS) is 23.7. The first kappa shape index (κ1) is 14.3. The van der Waals surface area contributed by atoms with Gasteiger partial charge in [-0.25, -0.2) is 9.97 Å². The first-order valence-corrected chi connectivity index (χ1v) is 6.88. The molecule has 1 amide bonds. The summed E-state index contributed by atoms with van der Waals surface area (Å²) in [7, 11) is 0. The van der Waals surface area contributed by atoms with Gasteiger partial charge in [0.05, 0.1) is 5.41 Å². The fourth-order valence-electron chi connectivity index (χ4n) is 1.72. The summed E-state index contributed by atoms with van der Waals surface area (Å²) >= 11 is 11.9. The van der Waals surface area contributed by atoms with Crippen molar-refractivity contribution in [2.24, 2.45) is 5.41 Å². The molecule has 0 unspecified atom stereocenters. The molecule has 1 atom stereocenters. The third-order valence-corrected chi connectivity index (χ3v) is 4.35. The molecule has 1 aromatic heterocycles. The summed E-state index contributed by atoms with van der Waals surface area (Å²) < 4.78 is -0.910. The molecule has 0 saturated heterocycles. The van der Waals surface area contributed by atoms with Crippen molar-refractivity contribution in [3.63, 3.8) is 0 Å². The zero-order chi connectivity index (χ0) is 13.9. The van der Waals surface area contributed by atoms with Crippen molar-refractivity contribution in [2.45, 2.75) is 24.1 Å². The molecule has 2 rings (SSSR count). The van der Waals surface area contributed by atoms with Gasteiger partial charge in [0.15, 0.2) is 0 Å². The zero-order valence-corrected chi connectivity index (χ0v) is 12.1. The van der Waals surface area contributed by atoms with Gasteiger partial charge in [0.25, 0.3) is 0 Å². The van der Waals surface area contributed by atoms with E-state index in [9.17, 15) is 4.79 Å². The highest BCUT2D eigenvalue weighted by molar-refractivity contribution is 6.53. The molecule has 1 fully saturated rings. The van der Waals surface area contributed by atoms with Gasteiger partial charge >= 0.3 is 0 Å². The summed E-state index contributed by atoms with van der Waals surface area (Å²) in [5.41, 5.74) is -0.647. The minimum atomic E-state index is -0.910. The minimum absolute atomic E-state index is 0.0894. The Morgan fingerprint density at radius 2 is 2.00 bits per heavy atom. The lowest BCUT2D eigenvalue weighted by Gasteiger charge is -2.12. The molecule has 1 aliphatic rings. The van der Waals surface area contributed by atoms with Gasteiger partial charge in [-0.15, -0.1) is 23.2 Å². The van der Waals surface area contributed by atoms with Crippen molar-refractivity contribution in [3.05, 3.63) is 18.5 Å². The minimum Gasteiger partial charge on any atom is -0.355 e. The number of amides is 1. The Labute approximate surface area is 122 Å². The van der Waals surface area contributed by atoms with Crippen molar-refractivity contribution >= 4 is 35.1 Å². The van der Waals surface area contributed by atoms with Gasteiger partial charge in [0.1, 0.15) is 4.33 Å². The fraction of sp³-hybridized carbons (Fsp3) is 0.583. The van der Waals surface area contributed by atoms with Crippen LogP contribution in [0.5, 0.6) is 0 Å². The van der Waals surface area contributed by atoms with Crippen LogP contribution in [-0.4, -0.2) is 33.3 Å². The predicted molar refractivity (Wildman–Crippen MR) is 75.3 cm³/mol. The molecule has 1 saturated carbocycles. The summed E-state index contributed by atoms with van der Waals surface area (Å²) in [6, 6.07) is 1.76. The van der Waals surface area contributed by atoms with E-state index >= 15 is 0 Å². The predicted octanol–water partition coefficient (Wildman–Crippen LogP) is 1.98. The Morgan fingerprint density at radius 3 is 2.58 bits per heavy atom. The van der Waals surface area contributed by atoms with Crippen molar-refractivity contribution in [1.29, 1.82) is 0 Å². The second-order valence-electron chi connectivity index (χ2n) is 4.82. The van der Waals surface area contributed by atoms with E-state index in [1.54, 1.807) is 25.4 Å². The highest BCUT2D eigenvalue weighted by Crippen LogP contribution is 2.63. The zero-order valence-electron chi connectivity index (χ0n) is 10.6. The molecular weight excluding hydrogens is 287 g/mol. The summed E-state index contributed by atoms with van der Waals surface area (Å²) in [5.74, 6) is 0.497. The van der Waals surface area contributed by atoms with Crippen molar-refractivity contribution < 1.29 is 4.79 Å². The summed E-state index contributed by atoms with van der Waals surface area (Å²) in [4.78, 5) is 19.9. The lowest BCUT2D eigenvalue weighted by molar-refractivity contribution is -0.125. The topological polar surface area (TPSA) is 66.9 Å². The van der Waals surface area contributed by atoms with E-state index in [2.05, 4.69) is 20.6 Å². The van der Waals surface area contributed by atoms with E-state index in [0.29, 0.717) is 25.5 Å². The second-order valence-corrected chi connectivity index (χ2v) is 6.31. The molecule has 1 aliphatic carbocycles. The number of hydrogen-bond acceptors (Lipinski definition) is 4. The maximum atomic E-state index is 11.9. The largest absolute Gasteiger partial charge is 0.355 e. The van der Waals surface area contributed by atoms with Crippen LogP contribution in [0.4, 0.5) is 5.95 Å². The smallest absolute Gasteiger partial charge is 0.229 e. The van der Waals surface area contributed by atoms with Crippen molar-refractivity contribution in [3.8, 4) is 0 Å². The molecule has 0 radical (unpaired) electrons. The number of anilines is 1. The van der Waals surface area contributed by atoms with Crippen LogP contribution in [0.15, 0.2) is 18.5 Å². The number of hydrogen-bond donors (Lipinski definition) is 2. The van der Waals surface area contributed by atoms with Gasteiger partial charge in [-0.3, -0.25) is 4.79 Å². The quantitative estimate of drug-likeness (QED) is 0.623. The standard InChI is InChI=1S/C12H16Cl2N4O/c1-11(8-12(11,13)14)9(19)15-4-2-5-16-10-17-6-3-7-18-10/h3,6-7H,2,4-5,8H2,1H3,(H,15,19)(H,16,17,18)/t11-/m0/s1. The van der Waals surface area contributed by atoms with Crippen LogP contribution in [0, 0.1) is 5.41 Å². The van der Waals surface area contributed by atoms with Crippen LogP contribution < -0.4 is 10.6 Å². The molecule has 0 bridgehead atoms. The van der Waals surface area contributed by atoms with Crippen LogP contribution in [0.2, 0.25) is 0 Å². The van der Waals surface area contributed by atoms with Crippen molar-refractivity contribution in [1.82, 2.24) is 15.3 Å². The van der Waals surface area contributed by atoms with Gasteiger partial charge in [-0.05, 0) is 25.8 Å². The number of rotatable bonds is 6. The molecule has 5 nitrogen and oxygen atoms in total. The average Bonchev–Trinajstić information content (AvgIpc) is 2.90.